The Morgan fingerprint density at radius 1 is 1.18 bits per heavy atom. The minimum absolute atomic E-state index is 0.0904. The zero-order valence-corrected chi connectivity index (χ0v) is 21.7. The van der Waals surface area contributed by atoms with Gasteiger partial charge in [0.1, 0.15) is 6.04 Å². The zero-order valence-electron chi connectivity index (χ0n) is 21.7. The third-order valence-electron chi connectivity index (χ3n) is 5.59. The molecule has 0 saturated carbocycles. The number of nitrogens with zero attached hydrogens (tertiary/aromatic N) is 1. The van der Waals surface area contributed by atoms with E-state index in [0.717, 1.165) is 0 Å². The predicted octanol–water partition coefficient (Wildman–Crippen LogP) is 1.31. The van der Waals surface area contributed by atoms with Crippen molar-refractivity contribution < 1.29 is 23.9 Å². The highest BCUT2D eigenvalue weighted by molar-refractivity contribution is 5.96. The van der Waals surface area contributed by atoms with E-state index in [1.165, 1.54) is 7.11 Å². The molecule has 0 radical (unpaired) electrons. The number of amides is 2. The molecule has 0 spiro atoms. The van der Waals surface area contributed by atoms with Crippen LogP contribution in [0, 0.1) is 11.8 Å². The van der Waals surface area contributed by atoms with Crippen molar-refractivity contribution >= 4 is 29.5 Å². The SMILES string of the molecule is C=CC[C@@](C)(NC(=O)C(C)C)C(=O)C[C@@H](CCCNC(=NC)NC)C(=O)N[C@@H](CC)C(=O)OC. The van der Waals surface area contributed by atoms with Crippen molar-refractivity contribution in [1.82, 2.24) is 21.3 Å². The molecule has 0 aliphatic rings. The Labute approximate surface area is 203 Å². The topological polar surface area (TPSA) is 138 Å². The molecule has 0 heterocycles. The molecule has 10 nitrogen and oxygen atoms in total. The highest BCUT2D eigenvalue weighted by atomic mass is 16.5. The van der Waals surface area contributed by atoms with Crippen molar-refractivity contribution in [3.8, 4) is 0 Å². The Balaban J connectivity index is 5.61. The van der Waals surface area contributed by atoms with Crippen molar-refractivity contribution in [2.75, 3.05) is 27.7 Å². The van der Waals surface area contributed by atoms with Gasteiger partial charge in [0.25, 0.3) is 0 Å². The fourth-order valence-electron chi connectivity index (χ4n) is 3.31. The maximum atomic E-state index is 13.3. The number of methoxy groups -OCH3 is 1. The molecule has 2 amide bonds. The van der Waals surface area contributed by atoms with Crippen LogP contribution < -0.4 is 21.3 Å². The molecule has 3 atom stereocenters. The lowest BCUT2D eigenvalue weighted by atomic mass is 9.84. The minimum atomic E-state index is -1.18. The van der Waals surface area contributed by atoms with Crippen molar-refractivity contribution in [2.24, 2.45) is 16.8 Å². The van der Waals surface area contributed by atoms with Crippen LogP contribution in [0.5, 0.6) is 0 Å². The lowest BCUT2D eigenvalue weighted by molar-refractivity contribution is -0.146. The van der Waals surface area contributed by atoms with Gasteiger partial charge in [-0.3, -0.25) is 19.4 Å². The third kappa shape index (κ3) is 10.4. The summed E-state index contributed by atoms with van der Waals surface area (Å²) in [6.07, 6.45) is 3.05. The number of guanidine groups is 1. The molecule has 0 saturated heterocycles. The number of carbonyl (C=O) groups excluding carboxylic acids is 4. The number of Topliss-reactive ketones (excluding diaryl/α,β-unsaturated/α-hetero) is 1. The van der Waals surface area contributed by atoms with E-state index >= 15 is 0 Å². The molecule has 10 heteroatoms. The van der Waals surface area contributed by atoms with Gasteiger partial charge >= 0.3 is 5.97 Å². The van der Waals surface area contributed by atoms with Gasteiger partial charge in [0.2, 0.25) is 11.8 Å². The molecule has 0 aliphatic carbocycles. The lowest BCUT2D eigenvalue weighted by Crippen LogP contribution is -2.54. The number of esters is 1. The largest absolute Gasteiger partial charge is 0.467 e. The van der Waals surface area contributed by atoms with E-state index in [0.29, 0.717) is 31.8 Å². The van der Waals surface area contributed by atoms with Gasteiger partial charge in [0.15, 0.2) is 11.7 Å². The van der Waals surface area contributed by atoms with E-state index in [1.807, 2.05) is 0 Å². The summed E-state index contributed by atoms with van der Waals surface area (Å²) in [7, 11) is 4.65. The molecule has 194 valence electrons. The Morgan fingerprint density at radius 2 is 1.82 bits per heavy atom. The van der Waals surface area contributed by atoms with Crippen LogP contribution in [0.2, 0.25) is 0 Å². The summed E-state index contributed by atoms with van der Waals surface area (Å²) in [5, 5.41) is 11.5. The van der Waals surface area contributed by atoms with E-state index in [2.05, 4.69) is 32.8 Å². The molecule has 0 aromatic rings. The average Bonchev–Trinajstić information content (AvgIpc) is 2.80. The van der Waals surface area contributed by atoms with Crippen LogP contribution in [0.25, 0.3) is 0 Å². The second-order valence-electron chi connectivity index (χ2n) is 8.68. The van der Waals surface area contributed by atoms with Crippen molar-refractivity contribution in [3.63, 3.8) is 0 Å². The van der Waals surface area contributed by atoms with Gasteiger partial charge in [0, 0.05) is 38.9 Å². The van der Waals surface area contributed by atoms with E-state index in [4.69, 9.17) is 4.74 Å². The first-order valence-corrected chi connectivity index (χ1v) is 11.7. The van der Waals surface area contributed by atoms with Crippen molar-refractivity contribution in [1.29, 1.82) is 0 Å². The number of rotatable bonds is 15. The molecule has 0 aromatic carbocycles. The van der Waals surface area contributed by atoms with E-state index in [-0.39, 0.29) is 30.4 Å². The normalized spacial score (nSPS) is 14.9. The molecule has 4 N–H and O–H groups in total. The molecule has 34 heavy (non-hydrogen) atoms. The third-order valence-corrected chi connectivity index (χ3v) is 5.59. The molecule has 0 bridgehead atoms. The van der Waals surface area contributed by atoms with Gasteiger partial charge in [-0.05, 0) is 32.6 Å². The summed E-state index contributed by atoms with van der Waals surface area (Å²) in [5.74, 6) is -1.84. The highest BCUT2D eigenvalue weighted by Gasteiger charge is 2.37. The predicted molar refractivity (Wildman–Crippen MR) is 133 cm³/mol. The van der Waals surface area contributed by atoms with Gasteiger partial charge in [-0.2, -0.15) is 0 Å². The van der Waals surface area contributed by atoms with Gasteiger partial charge in [-0.15, -0.1) is 6.58 Å². The van der Waals surface area contributed by atoms with Crippen LogP contribution in [-0.4, -0.2) is 68.9 Å². The Morgan fingerprint density at radius 3 is 2.29 bits per heavy atom. The number of ether oxygens (including phenoxy) is 1. The number of hydrogen-bond donors (Lipinski definition) is 4. The molecule has 0 aliphatic heterocycles. The molecule has 0 unspecified atom stereocenters. The van der Waals surface area contributed by atoms with E-state index in [1.54, 1.807) is 47.9 Å². The summed E-state index contributed by atoms with van der Waals surface area (Å²) in [5.41, 5.74) is -1.18. The number of aliphatic imine (C=N–C) groups is 1. The Hall–Kier alpha value is -2.91. The molecule has 0 rings (SSSR count). The summed E-state index contributed by atoms with van der Waals surface area (Å²) in [6.45, 7) is 11.1. The van der Waals surface area contributed by atoms with Gasteiger partial charge in [0.05, 0.1) is 12.6 Å². The van der Waals surface area contributed by atoms with Crippen molar-refractivity contribution in [3.05, 3.63) is 12.7 Å². The first-order chi connectivity index (χ1) is 16.0. The molecule has 0 aromatic heterocycles. The number of nitrogens with one attached hydrogen (secondary N) is 4. The van der Waals surface area contributed by atoms with Gasteiger partial charge < -0.3 is 26.0 Å². The highest BCUT2D eigenvalue weighted by Crippen LogP contribution is 2.21. The lowest BCUT2D eigenvalue weighted by Gasteiger charge is -2.31. The average molecular weight is 482 g/mol. The van der Waals surface area contributed by atoms with E-state index in [9.17, 15) is 19.2 Å². The van der Waals surface area contributed by atoms with Crippen LogP contribution >= 0.6 is 0 Å². The van der Waals surface area contributed by atoms with Crippen LogP contribution in [0.4, 0.5) is 0 Å². The summed E-state index contributed by atoms with van der Waals surface area (Å²) < 4.78 is 4.76. The molecular weight excluding hydrogens is 438 g/mol. The fourth-order valence-corrected chi connectivity index (χ4v) is 3.31. The Kier molecular flexibility index (Phi) is 14.5. The minimum Gasteiger partial charge on any atom is -0.467 e. The smallest absolute Gasteiger partial charge is 0.328 e. The number of ketones is 1. The fraction of sp³-hybridized carbons (Fsp3) is 0.708. The van der Waals surface area contributed by atoms with Gasteiger partial charge in [-0.25, -0.2) is 4.79 Å². The van der Waals surface area contributed by atoms with Crippen LogP contribution in [0.1, 0.15) is 59.8 Å². The zero-order chi connectivity index (χ0) is 26.3. The second-order valence-corrected chi connectivity index (χ2v) is 8.68. The molecular formula is C24H43N5O5. The second kappa shape index (κ2) is 15.8. The summed E-state index contributed by atoms with van der Waals surface area (Å²) in [4.78, 5) is 54.7. The first kappa shape index (κ1) is 31.1. The van der Waals surface area contributed by atoms with Gasteiger partial charge in [-0.1, -0.05) is 26.8 Å². The first-order valence-electron chi connectivity index (χ1n) is 11.7. The standard InChI is InChI=1S/C24H43N5O5/c1-9-13-24(5,29-20(31)16(3)4)19(30)15-17(12-11-14-27-23(25-6)26-7)21(32)28-18(10-2)22(33)34-8/h9,16-18H,1,10-15H2,2-8H3,(H,28,32)(H,29,31)(H2,25,26,27)/t17-,18+,24-/m1/s1. The quantitative estimate of drug-likeness (QED) is 0.0909. The summed E-state index contributed by atoms with van der Waals surface area (Å²) in [6, 6.07) is -0.795. The summed E-state index contributed by atoms with van der Waals surface area (Å²) >= 11 is 0. The van der Waals surface area contributed by atoms with Crippen molar-refractivity contribution in [2.45, 2.75) is 71.4 Å². The van der Waals surface area contributed by atoms with E-state index < -0.39 is 29.4 Å². The van der Waals surface area contributed by atoms with Crippen LogP contribution in [-0.2, 0) is 23.9 Å². The monoisotopic (exact) mass is 481 g/mol. The number of carbonyl (C=O) groups is 4. The maximum Gasteiger partial charge on any atom is 0.328 e. The number of hydrogen-bond acceptors (Lipinski definition) is 6. The Bertz CT molecular complexity index is 737. The van der Waals surface area contributed by atoms with Crippen LogP contribution in [0.15, 0.2) is 17.6 Å². The maximum absolute atomic E-state index is 13.3. The van der Waals surface area contributed by atoms with Crippen LogP contribution in [0.3, 0.4) is 0 Å². The molecule has 0 fully saturated rings.